The summed E-state index contributed by atoms with van der Waals surface area (Å²) in [6.45, 7) is 1.12. The summed E-state index contributed by atoms with van der Waals surface area (Å²) >= 11 is 0. The first-order chi connectivity index (χ1) is 8.62. The molecule has 0 heterocycles. The molecule has 1 aliphatic carbocycles. The molecule has 100 valence electrons. The van der Waals surface area contributed by atoms with E-state index in [9.17, 15) is 5.11 Å². The number of phenols is 1. The van der Waals surface area contributed by atoms with Crippen LogP contribution in [-0.2, 0) is 5.41 Å². The molecule has 1 aromatic carbocycles. The Kier molecular flexibility index (Phi) is 4.28. The van der Waals surface area contributed by atoms with Crippen molar-refractivity contribution in [3.05, 3.63) is 29.8 Å². The van der Waals surface area contributed by atoms with Crippen molar-refractivity contribution >= 4 is 0 Å². The van der Waals surface area contributed by atoms with Crippen molar-refractivity contribution in [1.29, 1.82) is 0 Å². The van der Waals surface area contributed by atoms with Crippen molar-refractivity contribution < 1.29 is 5.11 Å². The molecule has 0 saturated heterocycles. The lowest BCUT2D eigenvalue weighted by Gasteiger charge is -2.39. The lowest BCUT2D eigenvalue weighted by atomic mass is 9.67. The topological polar surface area (TPSA) is 23.5 Å². The first-order valence-electron chi connectivity index (χ1n) is 7.07. The highest BCUT2D eigenvalue weighted by Crippen LogP contribution is 2.42. The van der Waals surface area contributed by atoms with Gasteiger partial charge in [0.25, 0.3) is 0 Å². The molecule has 1 aliphatic rings. The third-order valence-corrected chi connectivity index (χ3v) is 4.31. The SMILES string of the molecule is CN(C)CCC1(c2cccc(O)c2)CCCCC1. The molecule has 0 bridgehead atoms. The van der Waals surface area contributed by atoms with Crippen LogP contribution < -0.4 is 0 Å². The third-order valence-electron chi connectivity index (χ3n) is 4.31. The van der Waals surface area contributed by atoms with Crippen LogP contribution in [0.15, 0.2) is 24.3 Å². The highest BCUT2D eigenvalue weighted by molar-refractivity contribution is 5.33. The normalized spacial score (nSPS) is 19.1. The third kappa shape index (κ3) is 3.05. The standard InChI is InChI=1S/C16H25NO/c1-17(2)12-11-16(9-4-3-5-10-16)14-7-6-8-15(18)13-14/h6-8,13,18H,3-5,9-12H2,1-2H3. The fraction of sp³-hybridized carbons (Fsp3) is 0.625. The Bertz CT molecular complexity index is 380. The van der Waals surface area contributed by atoms with Crippen molar-refractivity contribution in [3.63, 3.8) is 0 Å². The van der Waals surface area contributed by atoms with E-state index in [1.54, 1.807) is 6.07 Å². The van der Waals surface area contributed by atoms with Crippen LogP contribution >= 0.6 is 0 Å². The average Bonchev–Trinajstić information content (AvgIpc) is 2.37. The summed E-state index contributed by atoms with van der Waals surface area (Å²) in [6, 6.07) is 7.92. The van der Waals surface area contributed by atoms with Crippen molar-refractivity contribution in [2.75, 3.05) is 20.6 Å². The van der Waals surface area contributed by atoms with E-state index in [2.05, 4.69) is 25.1 Å². The molecule has 0 aliphatic heterocycles. The van der Waals surface area contributed by atoms with Crippen LogP contribution in [-0.4, -0.2) is 30.6 Å². The first kappa shape index (κ1) is 13.4. The lowest BCUT2D eigenvalue weighted by molar-refractivity contribution is 0.241. The van der Waals surface area contributed by atoms with Gasteiger partial charge in [0.2, 0.25) is 0 Å². The van der Waals surface area contributed by atoms with Gasteiger partial charge in [0.1, 0.15) is 5.75 Å². The van der Waals surface area contributed by atoms with Gasteiger partial charge in [-0.25, -0.2) is 0 Å². The summed E-state index contributed by atoms with van der Waals surface area (Å²) in [5.41, 5.74) is 1.63. The quantitative estimate of drug-likeness (QED) is 0.879. The average molecular weight is 247 g/mol. The molecule has 0 aromatic heterocycles. The summed E-state index contributed by atoms with van der Waals surface area (Å²) in [5.74, 6) is 0.405. The van der Waals surface area contributed by atoms with Crippen molar-refractivity contribution in [2.24, 2.45) is 0 Å². The van der Waals surface area contributed by atoms with E-state index in [1.165, 1.54) is 44.1 Å². The predicted molar refractivity (Wildman–Crippen MR) is 76.0 cm³/mol. The van der Waals surface area contributed by atoms with Gasteiger partial charge in [-0.1, -0.05) is 31.4 Å². The number of rotatable bonds is 4. The number of benzene rings is 1. The molecule has 2 nitrogen and oxygen atoms in total. The van der Waals surface area contributed by atoms with Crippen LogP contribution in [0.2, 0.25) is 0 Å². The van der Waals surface area contributed by atoms with E-state index >= 15 is 0 Å². The Morgan fingerprint density at radius 3 is 2.50 bits per heavy atom. The largest absolute Gasteiger partial charge is 0.508 e. The second kappa shape index (κ2) is 5.75. The zero-order valence-electron chi connectivity index (χ0n) is 11.7. The number of aromatic hydroxyl groups is 1. The molecule has 2 heteroatoms. The van der Waals surface area contributed by atoms with E-state index in [-0.39, 0.29) is 0 Å². The number of nitrogens with zero attached hydrogens (tertiary/aromatic N) is 1. The van der Waals surface area contributed by atoms with Crippen LogP contribution in [0, 0.1) is 0 Å². The van der Waals surface area contributed by atoms with E-state index < -0.39 is 0 Å². The highest BCUT2D eigenvalue weighted by atomic mass is 16.3. The molecule has 1 N–H and O–H groups in total. The highest BCUT2D eigenvalue weighted by Gasteiger charge is 2.33. The fourth-order valence-electron chi connectivity index (χ4n) is 3.18. The van der Waals surface area contributed by atoms with Crippen LogP contribution in [0.5, 0.6) is 5.75 Å². The Morgan fingerprint density at radius 1 is 1.17 bits per heavy atom. The van der Waals surface area contributed by atoms with Gasteiger partial charge in [-0.3, -0.25) is 0 Å². The molecule has 1 fully saturated rings. The molecule has 2 rings (SSSR count). The van der Waals surface area contributed by atoms with Gasteiger partial charge in [-0.2, -0.15) is 0 Å². The number of hydrogen-bond acceptors (Lipinski definition) is 2. The van der Waals surface area contributed by atoms with Gasteiger partial charge in [0.05, 0.1) is 0 Å². The van der Waals surface area contributed by atoms with Crippen LogP contribution in [0.4, 0.5) is 0 Å². The molecule has 0 amide bonds. The Balaban J connectivity index is 2.23. The molecule has 0 unspecified atom stereocenters. The van der Waals surface area contributed by atoms with Gasteiger partial charge in [-0.15, -0.1) is 0 Å². The summed E-state index contributed by atoms with van der Waals surface area (Å²) in [5, 5.41) is 9.73. The minimum absolute atomic E-state index is 0.293. The van der Waals surface area contributed by atoms with E-state index in [0.29, 0.717) is 11.2 Å². The van der Waals surface area contributed by atoms with Crippen LogP contribution in [0.3, 0.4) is 0 Å². The van der Waals surface area contributed by atoms with Gasteiger partial charge in [-0.05, 0) is 63.0 Å². The minimum Gasteiger partial charge on any atom is -0.508 e. The number of phenolic OH excluding ortho intramolecular Hbond substituents is 1. The van der Waals surface area contributed by atoms with Gasteiger partial charge >= 0.3 is 0 Å². The van der Waals surface area contributed by atoms with E-state index in [1.807, 2.05) is 12.1 Å². The Labute approximate surface area is 111 Å². The molecule has 1 saturated carbocycles. The van der Waals surface area contributed by atoms with Crippen LogP contribution in [0.1, 0.15) is 44.1 Å². The molecular weight excluding hydrogens is 222 g/mol. The van der Waals surface area contributed by atoms with Crippen molar-refractivity contribution in [3.8, 4) is 5.75 Å². The van der Waals surface area contributed by atoms with Crippen molar-refractivity contribution in [2.45, 2.75) is 43.9 Å². The fourth-order valence-corrected chi connectivity index (χ4v) is 3.18. The monoisotopic (exact) mass is 247 g/mol. The van der Waals surface area contributed by atoms with Gasteiger partial charge in [0.15, 0.2) is 0 Å². The molecular formula is C16H25NO. The van der Waals surface area contributed by atoms with Gasteiger partial charge in [0, 0.05) is 0 Å². The maximum Gasteiger partial charge on any atom is 0.115 e. The molecule has 1 aromatic rings. The second-order valence-corrected chi connectivity index (χ2v) is 5.94. The second-order valence-electron chi connectivity index (χ2n) is 5.94. The van der Waals surface area contributed by atoms with E-state index in [4.69, 9.17) is 0 Å². The zero-order valence-corrected chi connectivity index (χ0v) is 11.7. The van der Waals surface area contributed by atoms with Gasteiger partial charge < -0.3 is 10.0 Å². The summed E-state index contributed by atoms with van der Waals surface area (Å²) < 4.78 is 0. The predicted octanol–water partition coefficient (Wildman–Crippen LogP) is 3.55. The zero-order chi connectivity index (χ0) is 13.0. The molecule has 0 spiro atoms. The maximum absolute atomic E-state index is 9.73. The summed E-state index contributed by atoms with van der Waals surface area (Å²) in [7, 11) is 4.28. The van der Waals surface area contributed by atoms with Crippen molar-refractivity contribution in [1.82, 2.24) is 4.90 Å². The maximum atomic E-state index is 9.73. The minimum atomic E-state index is 0.293. The molecule has 0 radical (unpaired) electrons. The Morgan fingerprint density at radius 2 is 1.89 bits per heavy atom. The number of hydrogen-bond donors (Lipinski definition) is 1. The smallest absolute Gasteiger partial charge is 0.115 e. The summed E-state index contributed by atoms with van der Waals surface area (Å²) in [4.78, 5) is 2.26. The molecule has 18 heavy (non-hydrogen) atoms. The van der Waals surface area contributed by atoms with Crippen LogP contribution in [0.25, 0.3) is 0 Å². The first-order valence-corrected chi connectivity index (χ1v) is 7.07. The van der Waals surface area contributed by atoms with E-state index in [0.717, 1.165) is 6.54 Å². The summed E-state index contributed by atoms with van der Waals surface area (Å²) in [6.07, 6.45) is 7.74. The molecule has 0 atom stereocenters. The Hall–Kier alpha value is -1.02. The lowest BCUT2D eigenvalue weighted by Crippen LogP contribution is -2.33.